The van der Waals surface area contributed by atoms with Crippen molar-refractivity contribution in [3.8, 4) is 22.9 Å². The van der Waals surface area contributed by atoms with Gasteiger partial charge >= 0.3 is 0 Å². The number of nitrogens with zero attached hydrogens (tertiary/aromatic N) is 7. The molecule has 0 saturated heterocycles. The quantitative estimate of drug-likeness (QED) is 0.361. The molecule has 3 heterocycles. The first-order valence-corrected chi connectivity index (χ1v) is 10.4. The van der Waals surface area contributed by atoms with Crippen molar-refractivity contribution >= 4 is 11.2 Å². The highest BCUT2D eigenvalue weighted by atomic mass is 16.5. The third-order valence-electron chi connectivity index (χ3n) is 5.32. The Labute approximate surface area is 193 Å². The minimum Gasteiger partial charge on any atom is -0.493 e. The van der Waals surface area contributed by atoms with E-state index in [1.54, 1.807) is 37.1 Å². The maximum atomic E-state index is 13.0. The van der Waals surface area contributed by atoms with E-state index in [0.717, 1.165) is 11.1 Å². The van der Waals surface area contributed by atoms with E-state index in [0.29, 0.717) is 35.1 Å². The van der Waals surface area contributed by atoms with Crippen LogP contribution in [0.25, 0.3) is 22.6 Å². The summed E-state index contributed by atoms with van der Waals surface area (Å²) in [5, 5.41) is 12.2. The molecule has 3 aromatic heterocycles. The van der Waals surface area contributed by atoms with Gasteiger partial charge in [-0.3, -0.25) is 9.36 Å². The molecule has 34 heavy (non-hydrogen) atoms. The van der Waals surface area contributed by atoms with Crippen molar-refractivity contribution in [3.63, 3.8) is 0 Å². The smallest absolute Gasteiger partial charge is 0.283 e. The molecule has 0 amide bonds. The van der Waals surface area contributed by atoms with Gasteiger partial charge in [0, 0.05) is 5.56 Å². The molecule has 0 bridgehead atoms. The van der Waals surface area contributed by atoms with E-state index in [9.17, 15) is 4.79 Å². The zero-order valence-corrected chi connectivity index (χ0v) is 18.8. The van der Waals surface area contributed by atoms with Gasteiger partial charge in [0.05, 0.1) is 20.8 Å². The summed E-state index contributed by atoms with van der Waals surface area (Å²) in [6.07, 6.45) is 1.43. The second kappa shape index (κ2) is 8.77. The topological polar surface area (TPSA) is 123 Å². The van der Waals surface area contributed by atoms with E-state index >= 15 is 0 Å². The highest BCUT2D eigenvalue weighted by Crippen LogP contribution is 2.31. The first-order valence-electron chi connectivity index (χ1n) is 10.4. The minimum atomic E-state index is -0.341. The van der Waals surface area contributed by atoms with Crippen LogP contribution in [0, 0.1) is 6.92 Å². The van der Waals surface area contributed by atoms with Gasteiger partial charge < -0.3 is 14.0 Å². The second-order valence-electron chi connectivity index (χ2n) is 7.67. The summed E-state index contributed by atoms with van der Waals surface area (Å²) in [4.78, 5) is 21.8. The van der Waals surface area contributed by atoms with Crippen molar-refractivity contribution in [1.29, 1.82) is 0 Å². The van der Waals surface area contributed by atoms with E-state index in [1.807, 2.05) is 25.1 Å². The fourth-order valence-electron chi connectivity index (χ4n) is 3.65. The second-order valence-corrected chi connectivity index (χ2v) is 7.67. The number of aromatic nitrogens is 7. The third-order valence-corrected chi connectivity index (χ3v) is 5.32. The van der Waals surface area contributed by atoms with Crippen molar-refractivity contribution in [2.24, 2.45) is 0 Å². The number of hydrogen-bond donors (Lipinski definition) is 0. The summed E-state index contributed by atoms with van der Waals surface area (Å²) in [6.45, 7) is 2.54. The van der Waals surface area contributed by atoms with Gasteiger partial charge in [-0.2, -0.15) is 4.98 Å². The predicted molar refractivity (Wildman–Crippen MR) is 122 cm³/mol. The van der Waals surface area contributed by atoms with Crippen LogP contribution in [-0.4, -0.2) is 48.9 Å². The predicted octanol–water partition coefficient (Wildman–Crippen LogP) is 2.46. The molecule has 0 N–H and O–H groups in total. The Kier molecular flexibility index (Phi) is 5.50. The summed E-state index contributed by atoms with van der Waals surface area (Å²) in [5.41, 5.74) is 3.13. The summed E-state index contributed by atoms with van der Waals surface area (Å²) < 4.78 is 18.9. The van der Waals surface area contributed by atoms with Crippen molar-refractivity contribution < 1.29 is 14.0 Å². The van der Waals surface area contributed by atoms with Gasteiger partial charge in [-0.15, -0.1) is 5.10 Å². The van der Waals surface area contributed by atoms with Gasteiger partial charge in [0.2, 0.25) is 11.7 Å². The molecule has 0 radical (unpaired) electrons. The fourth-order valence-corrected chi connectivity index (χ4v) is 3.65. The molecule has 0 atom stereocenters. The van der Waals surface area contributed by atoms with Gasteiger partial charge in [-0.1, -0.05) is 40.2 Å². The van der Waals surface area contributed by atoms with Gasteiger partial charge in [0.1, 0.15) is 12.9 Å². The van der Waals surface area contributed by atoms with E-state index in [-0.39, 0.29) is 23.5 Å². The van der Waals surface area contributed by atoms with E-state index in [4.69, 9.17) is 14.0 Å². The molecule has 0 unspecified atom stereocenters. The van der Waals surface area contributed by atoms with Crippen LogP contribution in [0.5, 0.6) is 11.5 Å². The molecular weight excluding hydrogens is 438 g/mol. The minimum absolute atomic E-state index is 0.0484. The van der Waals surface area contributed by atoms with Crippen LogP contribution in [-0.2, 0) is 13.1 Å². The molecule has 172 valence electrons. The number of aryl methyl sites for hydroxylation is 1. The zero-order chi connectivity index (χ0) is 23.7. The number of methoxy groups -OCH3 is 2. The molecule has 11 heteroatoms. The Morgan fingerprint density at radius 3 is 2.68 bits per heavy atom. The van der Waals surface area contributed by atoms with E-state index in [2.05, 4.69) is 31.5 Å². The Hall–Kier alpha value is -4.54. The number of rotatable bonds is 7. The van der Waals surface area contributed by atoms with E-state index in [1.165, 1.54) is 10.9 Å². The lowest BCUT2D eigenvalue weighted by atomic mass is 10.1. The zero-order valence-electron chi connectivity index (χ0n) is 18.8. The lowest BCUT2D eigenvalue weighted by Crippen LogP contribution is -2.21. The van der Waals surface area contributed by atoms with E-state index < -0.39 is 0 Å². The molecule has 0 spiro atoms. The number of hydrogen-bond acceptors (Lipinski definition) is 9. The molecule has 5 aromatic rings. The van der Waals surface area contributed by atoms with Crippen LogP contribution in [0.15, 0.2) is 58.1 Å². The maximum Gasteiger partial charge on any atom is 0.283 e. The van der Waals surface area contributed by atoms with Crippen LogP contribution in [0.4, 0.5) is 0 Å². The van der Waals surface area contributed by atoms with Crippen LogP contribution >= 0.6 is 0 Å². The number of fused-ring (bicyclic) bond motifs is 1. The van der Waals surface area contributed by atoms with Crippen molar-refractivity contribution in [1.82, 2.24) is 34.7 Å². The average Bonchev–Trinajstić information content (AvgIpc) is 3.48. The Morgan fingerprint density at radius 1 is 1.03 bits per heavy atom. The lowest BCUT2D eigenvalue weighted by Gasteiger charge is -2.07. The molecule has 2 aromatic carbocycles. The van der Waals surface area contributed by atoms with Gasteiger partial charge in [0.25, 0.3) is 5.56 Å². The summed E-state index contributed by atoms with van der Waals surface area (Å²) in [6, 6.07) is 13.3. The third kappa shape index (κ3) is 3.98. The fraction of sp³-hybridized carbons (Fsp3) is 0.217. The molecular formula is C23H21N7O4. The first kappa shape index (κ1) is 21.3. The first-order chi connectivity index (χ1) is 16.6. The number of benzene rings is 2. The molecule has 0 aliphatic rings. The molecule has 11 nitrogen and oxygen atoms in total. The standard InChI is InChI=1S/C23H21N7O4/c1-14-5-4-6-15(9-14)11-30-22-20(26-28-30)23(31)29(13-24-22)12-19-25-21(27-34-19)16-7-8-17(32-2)18(10-16)33-3/h4-10,13H,11-12H2,1-3H3. The number of ether oxygens (including phenoxy) is 2. The van der Waals surface area contributed by atoms with Crippen LogP contribution in [0.2, 0.25) is 0 Å². The normalized spacial score (nSPS) is 11.1. The van der Waals surface area contributed by atoms with Crippen LogP contribution < -0.4 is 15.0 Å². The maximum absolute atomic E-state index is 13.0. The summed E-state index contributed by atoms with van der Waals surface area (Å²) in [7, 11) is 3.11. The Bertz CT molecular complexity index is 1540. The highest BCUT2D eigenvalue weighted by molar-refractivity contribution is 5.67. The molecule has 0 aliphatic carbocycles. The van der Waals surface area contributed by atoms with Crippen LogP contribution in [0.3, 0.4) is 0 Å². The Morgan fingerprint density at radius 2 is 1.88 bits per heavy atom. The van der Waals surface area contributed by atoms with Crippen molar-refractivity contribution in [2.75, 3.05) is 14.2 Å². The molecule has 0 fully saturated rings. The molecule has 0 saturated carbocycles. The molecule has 5 rings (SSSR count). The lowest BCUT2D eigenvalue weighted by molar-refractivity contribution is 0.355. The average molecular weight is 459 g/mol. The van der Waals surface area contributed by atoms with Gasteiger partial charge in [-0.05, 0) is 30.7 Å². The van der Waals surface area contributed by atoms with Crippen molar-refractivity contribution in [3.05, 3.63) is 76.2 Å². The monoisotopic (exact) mass is 459 g/mol. The Balaban J connectivity index is 1.39. The van der Waals surface area contributed by atoms with Gasteiger partial charge in [0.15, 0.2) is 22.7 Å². The van der Waals surface area contributed by atoms with Crippen LogP contribution in [0.1, 0.15) is 17.0 Å². The largest absolute Gasteiger partial charge is 0.493 e. The van der Waals surface area contributed by atoms with Crippen molar-refractivity contribution in [2.45, 2.75) is 20.0 Å². The SMILES string of the molecule is COc1ccc(-c2noc(Cn3cnc4c(nnn4Cc4cccc(C)c4)c3=O)n2)cc1OC. The summed E-state index contributed by atoms with van der Waals surface area (Å²) in [5.74, 6) is 1.75. The molecule has 0 aliphatic heterocycles. The summed E-state index contributed by atoms with van der Waals surface area (Å²) >= 11 is 0. The highest BCUT2D eigenvalue weighted by Gasteiger charge is 2.16. The van der Waals surface area contributed by atoms with Gasteiger partial charge in [-0.25, -0.2) is 9.67 Å².